The van der Waals surface area contributed by atoms with E-state index in [-0.39, 0.29) is 12.0 Å². The molecule has 3 nitrogen and oxygen atoms in total. The first-order valence-corrected chi connectivity index (χ1v) is 6.00. The van der Waals surface area contributed by atoms with Crippen molar-refractivity contribution in [3.63, 3.8) is 0 Å². The Morgan fingerprint density at radius 3 is 2.75 bits per heavy atom. The van der Waals surface area contributed by atoms with Crippen LogP contribution in [0.1, 0.15) is 33.6 Å². The van der Waals surface area contributed by atoms with Crippen molar-refractivity contribution in [3.8, 4) is 0 Å². The Bertz CT molecular complexity index is 316. The summed E-state index contributed by atoms with van der Waals surface area (Å²) in [5, 5.41) is 3.29. The van der Waals surface area contributed by atoms with Crippen molar-refractivity contribution >= 4 is 5.97 Å². The molecule has 0 amide bonds. The summed E-state index contributed by atoms with van der Waals surface area (Å²) >= 11 is 0. The monoisotopic (exact) mass is 223 g/mol. The van der Waals surface area contributed by atoms with Crippen molar-refractivity contribution in [2.75, 3.05) is 6.54 Å². The van der Waals surface area contributed by atoms with Gasteiger partial charge in [0.15, 0.2) is 0 Å². The van der Waals surface area contributed by atoms with Crippen molar-refractivity contribution in [1.29, 1.82) is 0 Å². The Hall–Kier alpha value is -0.830. The maximum absolute atomic E-state index is 12.0. The molecule has 2 aliphatic rings. The van der Waals surface area contributed by atoms with Gasteiger partial charge in [-0.3, -0.25) is 4.79 Å². The van der Waals surface area contributed by atoms with Crippen LogP contribution in [0.4, 0.5) is 0 Å². The summed E-state index contributed by atoms with van der Waals surface area (Å²) in [6.07, 6.45) is 2.04. The minimum absolute atomic E-state index is 0.102. The molecule has 0 aromatic carbocycles. The van der Waals surface area contributed by atoms with Gasteiger partial charge in [0.25, 0.3) is 0 Å². The molecule has 0 bridgehead atoms. The summed E-state index contributed by atoms with van der Waals surface area (Å²) in [5.74, 6) is 0.891. The van der Waals surface area contributed by atoms with Crippen molar-refractivity contribution in [2.45, 2.75) is 45.3 Å². The third-order valence-electron chi connectivity index (χ3n) is 3.37. The second kappa shape index (κ2) is 3.88. The van der Waals surface area contributed by atoms with E-state index in [0.717, 1.165) is 19.4 Å². The van der Waals surface area contributed by atoms with Crippen molar-refractivity contribution in [3.05, 3.63) is 12.2 Å². The third-order valence-corrected chi connectivity index (χ3v) is 3.37. The van der Waals surface area contributed by atoms with Crippen LogP contribution in [-0.2, 0) is 9.53 Å². The average Bonchev–Trinajstić information content (AvgIpc) is 2.58. The van der Waals surface area contributed by atoms with Gasteiger partial charge in [0.2, 0.25) is 0 Å². The summed E-state index contributed by atoms with van der Waals surface area (Å²) in [6, 6.07) is -0.122. The van der Waals surface area contributed by atoms with Gasteiger partial charge < -0.3 is 10.1 Å². The summed E-state index contributed by atoms with van der Waals surface area (Å²) in [6.45, 7) is 10.7. The smallest absolute Gasteiger partial charge is 0.323 e. The normalized spacial score (nSPS) is 33.9. The van der Waals surface area contributed by atoms with Gasteiger partial charge in [-0.25, -0.2) is 0 Å². The molecule has 0 aromatic rings. The molecule has 0 spiro atoms. The molecule has 1 heterocycles. The standard InChI is InChI=1S/C13H21NO2/c1-8-5-9-7-14-11(10(9)6-8)12(15)16-13(2,3)4/h9-11,14H,1,5-7H2,2-4H3. The van der Waals surface area contributed by atoms with E-state index in [1.54, 1.807) is 0 Å². The van der Waals surface area contributed by atoms with Gasteiger partial charge in [0, 0.05) is 0 Å². The van der Waals surface area contributed by atoms with Crippen molar-refractivity contribution in [1.82, 2.24) is 5.32 Å². The van der Waals surface area contributed by atoms with Crippen LogP contribution < -0.4 is 5.32 Å². The van der Waals surface area contributed by atoms with E-state index in [9.17, 15) is 4.79 Å². The fraction of sp³-hybridized carbons (Fsp3) is 0.769. The number of carbonyl (C=O) groups excluding carboxylic acids is 1. The largest absolute Gasteiger partial charge is 0.459 e. The number of nitrogens with one attached hydrogen (secondary N) is 1. The summed E-state index contributed by atoms with van der Waals surface area (Å²) < 4.78 is 5.43. The minimum Gasteiger partial charge on any atom is -0.459 e. The van der Waals surface area contributed by atoms with Gasteiger partial charge in [-0.05, 0) is 52.0 Å². The average molecular weight is 223 g/mol. The lowest BCUT2D eigenvalue weighted by atomic mass is 9.94. The summed E-state index contributed by atoms with van der Waals surface area (Å²) in [5.41, 5.74) is 0.886. The van der Waals surface area contributed by atoms with Gasteiger partial charge in [-0.15, -0.1) is 0 Å². The molecule has 0 aromatic heterocycles. The number of allylic oxidation sites excluding steroid dienone is 1. The quantitative estimate of drug-likeness (QED) is 0.545. The summed E-state index contributed by atoms with van der Waals surface area (Å²) in [4.78, 5) is 12.0. The van der Waals surface area contributed by atoms with E-state index in [0.29, 0.717) is 11.8 Å². The highest BCUT2D eigenvalue weighted by atomic mass is 16.6. The van der Waals surface area contributed by atoms with Gasteiger partial charge in [-0.1, -0.05) is 12.2 Å². The van der Waals surface area contributed by atoms with Crippen LogP contribution in [0.3, 0.4) is 0 Å². The van der Waals surface area contributed by atoms with Crippen LogP contribution in [0.15, 0.2) is 12.2 Å². The molecular formula is C13H21NO2. The van der Waals surface area contributed by atoms with E-state index in [2.05, 4.69) is 11.9 Å². The first kappa shape index (κ1) is 11.6. The van der Waals surface area contributed by atoms with Crippen LogP contribution in [0.25, 0.3) is 0 Å². The fourth-order valence-electron chi connectivity index (χ4n) is 2.77. The zero-order valence-electron chi connectivity index (χ0n) is 10.4. The number of esters is 1. The van der Waals surface area contributed by atoms with Crippen LogP contribution >= 0.6 is 0 Å². The minimum atomic E-state index is -0.396. The maximum atomic E-state index is 12.0. The molecule has 2 fully saturated rings. The highest BCUT2D eigenvalue weighted by Crippen LogP contribution is 2.40. The highest BCUT2D eigenvalue weighted by molar-refractivity contribution is 5.77. The number of fused-ring (bicyclic) bond motifs is 1. The molecular weight excluding hydrogens is 202 g/mol. The lowest BCUT2D eigenvalue weighted by Gasteiger charge is -2.24. The molecule has 1 aliphatic carbocycles. The maximum Gasteiger partial charge on any atom is 0.323 e. The van der Waals surface area contributed by atoms with Gasteiger partial charge in [0.1, 0.15) is 11.6 Å². The summed E-state index contributed by atoms with van der Waals surface area (Å²) in [7, 11) is 0. The Balaban J connectivity index is 2.00. The highest BCUT2D eigenvalue weighted by Gasteiger charge is 2.45. The second-order valence-electron chi connectivity index (χ2n) is 6.00. The van der Waals surface area contributed by atoms with Crippen LogP contribution in [0, 0.1) is 11.8 Å². The molecule has 3 unspecified atom stereocenters. The molecule has 1 aliphatic heterocycles. The Labute approximate surface area is 97.2 Å². The Morgan fingerprint density at radius 2 is 2.12 bits per heavy atom. The number of hydrogen-bond donors (Lipinski definition) is 1. The molecule has 0 radical (unpaired) electrons. The predicted molar refractivity (Wildman–Crippen MR) is 63.0 cm³/mol. The van der Waals surface area contributed by atoms with Gasteiger partial charge >= 0.3 is 5.97 Å². The molecule has 3 atom stereocenters. The first-order valence-electron chi connectivity index (χ1n) is 6.00. The Morgan fingerprint density at radius 1 is 1.44 bits per heavy atom. The lowest BCUT2D eigenvalue weighted by Crippen LogP contribution is -2.40. The third kappa shape index (κ3) is 2.29. The molecule has 3 heteroatoms. The molecule has 16 heavy (non-hydrogen) atoms. The van der Waals surface area contributed by atoms with Crippen molar-refractivity contribution < 1.29 is 9.53 Å². The van der Waals surface area contributed by atoms with Crippen LogP contribution in [0.2, 0.25) is 0 Å². The molecule has 1 saturated heterocycles. The molecule has 1 N–H and O–H groups in total. The van der Waals surface area contributed by atoms with Crippen LogP contribution in [-0.4, -0.2) is 24.2 Å². The molecule has 1 saturated carbocycles. The number of rotatable bonds is 1. The van der Waals surface area contributed by atoms with Crippen molar-refractivity contribution in [2.24, 2.45) is 11.8 Å². The van der Waals surface area contributed by atoms with E-state index in [1.165, 1.54) is 5.57 Å². The zero-order valence-corrected chi connectivity index (χ0v) is 10.4. The van der Waals surface area contributed by atoms with Gasteiger partial charge in [-0.2, -0.15) is 0 Å². The fourth-order valence-corrected chi connectivity index (χ4v) is 2.77. The Kier molecular flexibility index (Phi) is 2.82. The van der Waals surface area contributed by atoms with Gasteiger partial charge in [0.05, 0.1) is 0 Å². The predicted octanol–water partition coefficient (Wildman–Crippen LogP) is 1.88. The molecule has 90 valence electrons. The number of ether oxygens (including phenoxy) is 1. The second-order valence-corrected chi connectivity index (χ2v) is 6.00. The molecule has 2 rings (SSSR count). The number of carbonyl (C=O) groups is 1. The van der Waals surface area contributed by atoms with E-state index >= 15 is 0 Å². The zero-order chi connectivity index (χ0) is 11.9. The van der Waals surface area contributed by atoms with E-state index in [4.69, 9.17) is 4.74 Å². The first-order chi connectivity index (χ1) is 7.37. The SMILES string of the molecule is C=C1CC2CNC(C(=O)OC(C)(C)C)C2C1. The van der Waals surface area contributed by atoms with E-state index in [1.807, 2.05) is 20.8 Å². The lowest BCUT2D eigenvalue weighted by molar-refractivity contribution is -0.158. The number of hydrogen-bond acceptors (Lipinski definition) is 3. The topological polar surface area (TPSA) is 38.3 Å². The van der Waals surface area contributed by atoms with E-state index < -0.39 is 5.60 Å². The van der Waals surface area contributed by atoms with Crippen LogP contribution in [0.5, 0.6) is 0 Å².